The van der Waals surface area contributed by atoms with Crippen molar-refractivity contribution in [3.05, 3.63) is 60.7 Å². The second-order valence-corrected chi connectivity index (χ2v) is 6.78. The van der Waals surface area contributed by atoms with Crippen molar-refractivity contribution >= 4 is 23.8 Å². The van der Waals surface area contributed by atoms with Gasteiger partial charge in [-0.1, -0.05) is 24.3 Å². The number of ether oxygens (including phenoxy) is 1. The predicted octanol–water partition coefficient (Wildman–Crippen LogP) is 1.62. The Hall–Kier alpha value is -3.30. The van der Waals surface area contributed by atoms with Crippen LogP contribution >= 0.6 is 0 Å². The number of imide groups is 1. The lowest BCUT2D eigenvalue weighted by atomic mass is 9.90. The van der Waals surface area contributed by atoms with Crippen LogP contribution in [0.2, 0.25) is 0 Å². The van der Waals surface area contributed by atoms with Crippen molar-refractivity contribution < 1.29 is 34.1 Å². The van der Waals surface area contributed by atoms with Crippen molar-refractivity contribution in [2.75, 3.05) is 13.1 Å². The average Bonchev–Trinajstić information content (AvgIpc) is 2.93. The highest BCUT2D eigenvalue weighted by Gasteiger charge is 2.63. The summed E-state index contributed by atoms with van der Waals surface area (Å²) in [6, 6.07) is 5.69. The van der Waals surface area contributed by atoms with E-state index in [2.05, 4.69) is 13.2 Å². The number of carbonyl (C=O) groups is 4. The molecule has 2 N–H and O–H groups in total. The van der Waals surface area contributed by atoms with Crippen LogP contribution in [0.15, 0.2) is 49.6 Å². The van der Waals surface area contributed by atoms with Gasteiger partial charge in [0, 0.05) is 13.1 Å². The highest BCUT2D eigenvalue weighted by atomic mass is 16.5. The Morgan fingerprint density at radius 3 is 1.87 bits per heavy atom. The molecule has 0 radical (unpaired) electrons. The number of benzene rings is 1. The number of carboxylic acids is 2. The maximum absolute atomic E-state index is 12.9. The quantitative estimate of drug-likeness (QED) is 0.241. The molecular weight excluding hydrogens is 392 g/mol. The van der Waals surface area contributed by atoms with E-state index in [0.717, 1.165) is 0 Å². The lowest BCUT2D eigenvalue weighted by Gasteiger charge is -2.39. The topological polar surface area (TPSA) is 124 Å². The van der Waals surface area contributed by atoms with Gasteiger partial charge in [-0.05, 0) is 26.0 Å². The van der Waals surface area contributed by atoms with Crippen LogP contribution in [0.5, 0.6) is 0 Å². The van der Waals surface area contributed by atoms with Crippen LogP contribution in [-0.4, -0.2) is 74.7 Å². The fraction of sp³-hybridized carbons (Fsp3) is 0.333. The number of carbonyl (C=O) groups excluding carboxylic acids is 2. The highest BCUT2D eigenvalue weighted by Crippen LogP contribution is 2.34. The Balaban J connectivity index is 2.51. The molecule has 0 saturated carbocycles. The summed E-state index contributed by atoms with van der Waals surface area (Å²) in [5, 5.41) is 19.9. The van der Waals surface area contributed by atoms with E-state index in [-0.39, 0.29) is 16.0 Å². The van der Waals surface area contributed by atoms with E-state index in [1.54, 1.807) is 24.0 Å². The SMILES string of the molecule is C=CCN(CC=C)C(C)OC(C)C(C(=O)O)(C(=O)O)N1C(=O)c2ccccc2C1=O. The van der Waals surface area contributed by atoms with Crippen LogP contribution in [0.25, 0.3) is 0 Å². The molecule has 2 rings (SSSR count). The maximum Gasteiger partial charge on any atom is 0.344 e. The second kappa shape index (κ2) is 9.02. The minimum absolute atomic E-state index is 0.0606. The van der Waals surface area contributed by atoms with Gasteiger partial charge in [0.15, 0.2) is 0 Å². The van der Waals surface area contributed by atoms with E-state index in [1.807, 2.05) is 0 Å². The van der Waals surface area contributed by atoms with E-state index in [1.165, 1.54) is 31.2 Å². The second-order valence-electron chi connectivity index (χ2n) is 6.78. The molecule has 0 aliphatic carbocycles. The van der Waals surface area contributed by atoms with Gasteiger partial charge in [0.25, 0.3) is 17.4 Å². The molecule has 0 saturated heterocycles. The van der Waals surface area contributed by atoms with Gasteiger partial charge in [0.2, 0.25) is 0 Å². The summed E-state index contributed by atoms with van der Waals surface area (Å²) in [7, 11) is 0. The molecule has 2 atom stereocenters. The van der Waals surface area contributed by atoms with Gasteiger partial charge in [0.1, 0.15) is 12.3 Å². The molecule has 30 heavy (non-hydrogen) atoms. The molecule has 1 aromatic rings. The van der Waals surface area contributed by atoms with Gasteiger partial charge in [0.05, 0.1) is 11.1 Å². The fourth-order valence-corrected chi connectivity index (χ4v) is 3.50. The minimum Gasteiger partial charge on any atom is -0.479 e. The first-order valence-corrected chi connectivity index (χ1v) is 9.20. The van der Waals surface area contributed by atoms with Crippen LogP contribution in [0.4, 0.5) is 0 Å². The van der Waals surface area contributed by atoms with Gasteiger partial charge in [-0.25, -0.2) is 14.5 Å². The zero-order valence-corrected chi connectivity index (χ0v) is 16.8. The molecule has 0 fully saturated rings. The van der Waals surface area contributed by atoms with E-state index in [9.17, 15) is 29.4 Å². The summed E-state index contributed by atoms with van der Waals surface area (Å²) in [6.07, 6.45) is 0.853. The third-order valence-corrected chi connectivity index (χ3v) is 5.03. The van der Waals surface area contributed by atoms with Gasteiger partial charge < -0.3 is 14.9 Å². The minimum atomic E-state index is -2.96. The monoisotopic (exact) mass is 416 g/mol. The molecule has 1 aliphatic heterocycles. The van der Waals surface area contributed by atoms with Crippen LogP contribution < -0.4 is 0 Å². The number of nitrogens with zero attached hydrogens (tertiary/aromatic N) is 2. The average molecular weight is 416 g/mol. The number of aliphatic carboxylic acids is 2. The van der Waals surface area contributed by atoms with Gasteiger partial charge >= 0.3 is 11.9 Å². The normalized spacial score (nSPS) is 15.6. The van der Waals surface area contributed by atoms with Crippen molar-refractivity contribution in [3.63, 3.8) is 0 Å². The van der Waals surface area contributed by atoms with Crippen molar-refractivity contribution in [1.82, 2.24) is 9.80 Å². The number of carboxylic acid groups (broad SMARTS) is 2. The number of hydrogen-bond acceptors (Lipinski definition) is 6. The molecule has 0 spiro atoms. The smallest absolute Gasteiger partial charge is 0.344 e. The predicted molar refractivity (Wildman–Crippen MR) is 107 cm³/mol. The first kappa shape index (κ1) is 23.0. The first-order chi connectivity index (χ1) is 14.1. The van der Waals surface area contributed by atoms with Crippen LogP contribution in [0, 0.1) is 0 Å². The molecule has 0 aromatic heterocycles. The molecule has 9 heteroatoms. The third-order valence-electron chi connectivity index (χ3n) is 5.03. The summed E-state index contributed by atoms with van der Waals surface area (Å²) in [5.74, 6) is -5.78. The third kappa shape index (κ3) is 3.64. The Morgan fingerprint density at radius 1 is 1.07 bits per heavy atom. The standard InChI is InChI=1S/C21H24N2O7/c1-5-11-22(12-6-2)14(4)30-13(3)21(19(26)27,20(28)29)23-17(24)15-9-7-8-10-16(15)18(23)25/h5-10,13-14H,1-2,11-12H2,3-4H3,(H,26,27)(H,28,29). The zero-order valence-electron chi connectivity index (χ0n) is 16.8. The van der Waals surface area contributed by atoms with Gasteiger partial charge in [-0.3, -0.25) is 14.5 Å². The number of fused-ring (bicyclic) bond motifs is 1. The summed E-state index contributed by atoms with van der Waals surface area (Å²) in [5.41, 5.74) is -3.08. The Labute approximate surface area is 173 Å². The van der Waals surface area contributed by atoms with E-state index >= 15 is 0 Å². The van der Waals surface area contributed by atoms with E-state index < -0.39 is 41.6 Å². The Morgan fingerprint density at radius 2 is 1.50 bits per heavy atom. The fourth-order valence-electron chi connectivity index (χ4n) is 3.50. The molecule has 9 nitrogen and oxygen atoms in total. The summed E-state index contributed by atoms with van der Waals surface area (Å²) < 4.78 is 5.74. The van der Waals surface area contributed by atoms with E-state index in [4.69, 9.17) is 4.74 Å². The largest absolute Gasteiger partial charge is 0.479 e. The maximum atomic E-state index is 12.9. The zero-order chi connectivity index (χ0) is 22.6. The van der Waals surface area contributed by atoms with Gasteiger partial charge in [-0.2, -0.15) is 0 Å². The van der Waals surface area contributed by atoms with Gasteiger partial charge in [-0.15, -0.1) is 13.2 Å². The van der Waals surface area contributed by atoms with Crippen molar-refractivity contribution in [3.8, 4) is 0 Å². The molecule has 2 amide bonds. The Bertz CT molecular complexity index is 836. The molecular formula is C21H24N2O7. The molecule has 1 aromatic carbocycles. The molecule has 0 bridgehead atoms. The molecule has 1 heterocycles. The lowest BCUT2D eigenvalue weighted by Crippen LogP contribution is -2.69. The highest BCUT2D eigenvalue weighted by molar-refractivity contribution is 6.26. The van der Waals surface area contributed by atoms with Crippen LogP contribution in [0.3, 0.4) is 0 Å². The number of amides is 2. The molecule has 2 unspecified atom stereocenters. The molecule has 160 valence electrons. The van der Waals surface area contributed by atoms with Crippen LogP contribution in [0.1, 0.15) is 34.6 Å². The van der Waals surface area contributed by atoms with Crippen LogP contribution in [-0.2, 0) is 14.3 Å². The molecule has 1 aliphatic rings. The summed E-state index contributed by atoms with van der Waals surface area (Å²) in [6.45, 7) is 10.8. The summed E-state index contributed by atoms with van der Waals surface area (Å²) in [4.78, 5) is 52.3. The van der Waals surface area contributed by atoms with Crippen molar-refractivity contribution in [2.45, 2.75) is 31.7 Å². The number of rotatable bonds is 11. The lowest BCUT2D eigenvalue weighted by molar-refractivity contribution is -0.183. The Kier molecular flexibility index (Phi) is 6.91. The summed E-state index contributed by atoms with van der Waals surface area (Å²) >= 11 is 0. The van der Waals surface area contributed by atoms with Crippen molar-refractivity contribution in [1.29, 1.82) is 0 Å². The first-order valence-electron chi connectivity index (χ1n) is 9.20. The van der Waals surface area contributed by atoms with Crippen molar-refractivity contribution in [2.24, 2.45) is 0 Å². The van der Waals surface area contributed by atoms with E-state index in [0.29, 0.717) is 13.1 Å². The number of hydrogen-bond donors (Lipinski definition) is 2.